The molecule has 0 spiro atoms. The fourth-order valence-electron chi connectivity index (χ4n) is 3.01. The number of hydroxylamine groups is 1. The van der Waals surface area contributed by atoms with Crippen LogP contribution in [0, 0.1) is 0 Å². The molecule has 0 aliphatic rings. The van der Waals surface area contributed by atoms with Gasteiger partial charge in [-0.3, -0.25) is 5.21 Å². The zero-order valence-corrected chi connectivity index (χ0v) is 18.2. The van der Waals surface area contributed by atoms with E-state index in [1.165, 1.54) is 0 Å². The number of aromatic amines is 1. The van der Waals surface area contributed by atoms with Crippen LogP contribution in [-0.2, 0) is 4.74 Å². The predicted molar refractivity (Wildman–Crippen MR) is 117 cm³/mol. The van der Waals surface area contributed by atoms with Crippen LogP contribution in [0.5, 0.6) is 0 Å². The molecule has 3 aromatic rings. The van der Waals surface area contributed by atoms with E-state index in [0.29, 0.717) is 0 Å². The molecule has 0 aliphatic carbocycles. The van der Waals surface area contributed by atoms with Crippen molar-refractivity contribution < 1.29 is 19.5 Å². The van der Waals surface area contributed by atoms with Gasteiger partial charge in [-0.05, 0) is 55.8 Å². The summed E-state index contributed by atoms with van der Waals surface area (Å²) in [6.07, 6.45) is 2.95. The van der Waals surface area contributed by atoms with Gasteiger partial charge in [-0.25, -0.2) is 4.79 Å². The Morgan fingerprint density at radius 2 is 2.00 bits per heavy atom. The van der Waals surface area contributed by atoms with Crippen LogP contribution in [0.2, 0.25) is 0 Å². The second-order valence-corrected chi connectivity index (χ2v) is 8.67. The maximum Gasteiger partial charge on any atom is 0.407 e. The number of hydrogen-bond acceptors (Lipinski definition) is 3. The number of nitrogens with one attached hydrogen (secondary N) is 2. The molecular weight excluding hydrogens is 434 g/mol. The zero-order chi connectivity index (χ0) is 21.0. The number of nitrogens with zero attached hydrogens (tertiary/aromatic N) is 1. The first-order chi connectivity index (χ1) is 13.7. The molecule has 0 bridgehead atoms. The molecule has 1 atom stereocenters. The van der Waals surface area contributed by atoms with Crippen LogP contribution in [0.25, 0.3) is 10.9 Å². The summed E-state index contributed by atoms with van der Waals surface area (Å²) in [5.41, 5.74) is 2.05. The number of aromatic nitrogens is 1. The number of benzene rings is 2. The quantitative estimate of drug-likeness (QED) is 0.217. The highest BCUT2D eigenvalue weighted by molar-refractivity contribution is 9.10. The average molecular weight is 459 g/mol. The lowest BCUT2D eigenvalue weighted by atomic mass is 10.1. The Balaban J connectivity index is 1.93. The van der Waals surface area contributed by atoms with Crippen molar-refractivity contribution in [1.82, 2.24) is 10.3 Å². The summed E-state index contributed by atoms with van der Waals surface area (Å²) in [6, 6.07) is 14.9. The Morgan fingerprint density at radius 1 is 1.28 bits per heavy atom. The number of rotatable bonds is 5. The second kappa shape index (κ2) is 8.69. The Labute approximate surface area is 178 Å². The van der Waals surface area contributed by atoms with Crippen LogP contribution in [0.15, 0.2) is 59.2 Å². The molecule has 152 valence electrons. The van der Waals surface area contributed by atoms with Gasteiger partial charge in [0, 0.05) is 27.1 Å². The smallest absolute Gasteiger partial charge is 0.407 e. The Morgan fingerprint density at radius 3 is 2.69 bits per heavy atom. The molecule has 0 radical (unpaired) electrons. The van der Waals surface area contributed by atoms with Gasteiger partial charge in [0.25, 0.3) is 0 Å². The number of ether oxygens (including phenoxy) is 1. The first-order valence-corrected chi connectivity index (χ1v) is 10.1. The summed E-state index contributed by atoms with van der Waals surface area (Å²) < 4.78 is 7.39. The van der Waals surface area contributed by atoms with E-state index in [4.69, 9.17) is 4.74 Å². The van der Waals surface area contributed by atoms with Crippen molar-refractivity contribution in [2.24, 2.45) is 0 Å². The van der Waals surface area contributed by atoms with Gasteiger partial charge < -0.3 is 15.0 Å². The molecule has 6 nitrogen and oxygen atoms in total. The van der Waals surface area contributed by atoms with Crippen molar-refractivity contribution in [2.45, 2.75) is 32.4 Å². The third-order valence-corrected chi connectivity index (χ3v) is 4.77. The highest BCUT2D eigenvalue weighted by Gasteiger charge is 2.29. The minimum atomic E-state index is -0.597. The Bertz CT molecular complexity index is 1020. The van der Waals surface area contributed by atoms with Crippen LogP contribution in [0.1, 0.15) is 37.9 Å². The lowest BCUT2D eigenvalue weighted by molar-refractivity contribution is -0.800. The van der Waals surface area contributed by atoms with Crippen molar-refractivity contribution in [2.75, 3.05) is 6.54 Å². The van der Waals surface area contributed by atoms with Gasteiger partial charge in [0.05, 0.1) is 12.1 Å². The summed E-state index contributed by atoms with van der Waals surface area (Å²) in [5, 5.41) is 14.6. The van der Waals surface area contributed by atoms with E-state index < -0.39 is 17.7 Å². The normalized spacial score (nSPS) is 13.3. The molecule has 1 heterocycles. The first-order valence-electron chi connectivity index (χ1n) is 9.33. The van der Waals surface area contributed by atoms with Crippen molar-refractivity contribution in [3.8, 4) is 0 Å². The van der Waals surface area contributed by atoms with E-state index in [-0.39, 0.29) is 6.54 Å². The Kier molecular flexibility index (Phi) is 6.27. The van der Waals surface area contributed by atoms with Gasteiger partial charge in [-0.15, -0.1) is 0 Å². The van der Waals surface area contributed by atoms with Gasteiger partial charge in [-0.1, -0.05) is 34.1 Å². The third-order valence-electron chi connectivity index (χ3n) is 4.27. The lowest BCUT2D eigenvalue weighted by Crippen LogP contribution is -2.37. The fraction of sp³-hybridized carbons (Fsp3) is 0.273. The van der Waals surface area contributed by atoms with Crippen LogP contribution >= 0.6 is 15.9 Å². The fourth-order valence-corrected chi connectivity index (χ4v) is 3.37. The lowest BCUT2D eigenvalue weighted by Gasteiger charge is -2.20. The van der Waals surface area contributed by atoms with E-state index in [1.54, 1.807) is 6.21 Å². The summed E-state index contributed by atoms with van der Waals surface area (Å²) in [7, 11) is 0. The molecule has 1 amide bonds. The summed E-state index contributed by atoms with van der Waals surface area (Å²) in [5.74, 6) is 0. The Hall–Kier alpha value is -2.80. The summed E-state index contributed by atoms with van der Waals surface area (Å²) in [4.78, 5) is 15.4. The number of carbonyl (C=O) groups excluding carboxylic acids is 1. The molecule has 1 aromatic heterocycles. The van der Waals surface area contributed by atoms with Crippen molar-refractivity contribution in [3.63, 3.8) is 0 Å². The highest BCUT2D eigenvalue weighted by Crippen LogP contribution is 2.28. The molecule has 7 heteroatoms. The van der Waals surface area contributed by atoms with Crippen molar-refractivity contribution >= 4 is 39.1 Å². The molecule has 3 N–H and O–H groups in total. The monoisotopic (exact) mass is 458 g/mol. The van der Waals surface area contributed by atoms with Crippen LogP contribution in [0.3, 0.4) is 0 Å². The molecule has 0 aliphatic heterocycles. The van der Waals surface area contributed by atoms with Crippen LogP contribution in [-0.4, -0.2) is 39.4 Å². The maximum atomic E-state index is 12.2. The number of carbonyl (C=O) groups is 1. The zero-order valence-electron chi connectivity index (χ0n) is 16.6. The molecule has 29 heavy (non-hydrogen) atoms. The first kappa shape index (κ1) is 20.9. The summed E-state index contributed by atoms with van der Waals surface area (Å²) in [6.45, 7) is 5.59. The van der Waals surface area contributed by atoms with E-state index in [9.17, 15) is 10.0 Å². The third kappa shape index (κ3) is 5.60. The van der Waals surface area contributed by atoms with Gasteiger partial charge in [-0.2, -0.15) is 0 Å². The van der Waals surface area contributed by atoms with E-state index in [0.717, 1.165) is 31.2 Å². The second-order valence-electron chi connectivity index (χ2n) is 7.75. The van der Waals surface area contributed by atoms with Crippen LogP contribution in [0.4, 0.5) is 4.79 Å². The van der Waals surface area contributed by atoms with Crippen molar-refractivity contribution in [3.05, 3.63) is 70.3 Å². The SMILES string of the molecule is CC(C)(C)OC(=O)NCC(c1c[nH]c2ccc(Br)cc12)/[N+](O)=C/c1ccccc1. The largest absolute Gasteiger partial charge is 0.444 e. The van der Waals surface area contributed by atoms with Gasteiger partial charge in [0.15, 0.2) is 0 Å². The number of H-pyrrole nitrogens is 1. The van der Waals surface area contributed by atoms with Gasteiger partial charge >= 0.3 is 6.09 Å². The van der Waals surface area contributed by atoms with Gasteiger partial charge in [0.2, 0.25) is 12.3 Å². The van der Waals surface area contributed by atoms with Crippen molar-refractivity contribution in [1.29, 1.82) is 0 Å². The molecule has 3 rings (SSSR count). The highest BCUT2D eigenvalue weighted by atomic mass is 79.9. The number of amides is 1. The van der Waals surface area contributed by atoms with Crippen LogP contribution < -0.4 is 5.32 Å². The minimum absolute atomic E-state index is 0.161. The number of alkyl carbamates (subject to hydrolysis) is 1. The average Bonchev–Trinajstić information content (AvgIpc) is 3.04. The number of hydrogen-bond donors (Lipinski definition) is 3. The maximum absolute atomic E-state index is 12.2. The molecule has 2 aromatic carbocycles. The predicted octanol–water partition coefficient (Wildman–Crippen LogP) is 5.02. The number of fused-ring (bicyclic) bond motifs is 1. The molecule has 0 saturated carbocycles. The molecule has 0 fully saturated rings. The van der Waals surface area contributed by atoms with Gasteiger partial charge in [0.1, 0.15) is 5.60 Å². The standard InChI is InChI=1S/C22H24BrN3O3/c1-22(2,3)29-21(27)25-13-20(26(28)14-15-7-5-4-6-8-15)18-12-24-19-10-9-16(23)11-17(18)19/h4-12,14,20,24H,13H2,1-3H3,(H-,25,27,28)/p+1/b26-14-. The molecule has 1 unspecified atom stereocenters. The summed E-state index contributed by atoms with van der Waals surface area (Å²) >= 11 is 3.50. The molecular formula is C22H25BrN3O3+. The number of halogens is 1. The van der Waals surface area contributed by atoms with E-state index in [1.807, 2.05) is 75.5 Å². The van der Waals surface area contributed by atoms with E-state index in [2.05, 4.69) is 26.2 Å². The minimum Gasteiger partial charge on any atom is -0.444 e. The molecule has 0 saturated heterocycles. The van der Waals surface area contributed by atoms with E-state index >= 15 is 0 Å². The topological polar surface area (TPSA) is 77.4 Å².